The fourth-order valence-corrected chi connectivity index (χ4v) is 2.65. The highest BCUT2D eigenvalue weighted by atomic mass is 19.1. The normalized spacial score (nSPS) is 10.6. The minimum Gasteiger partial charge on any atom is -0.370 e. The molecule has 1 aromatic heterocycles. The van der Waals surface area contributed by atoms with E-state index in [1.165, 1.54) is 17.7 Å². The van der Waals surface area contributed by atoms with Crippen LogP contribution in [0.4, 0.5) is 21.8 Å². The van der Waals surface area contributed by atoms with Crippen molar-refractivity contribution in [3.8, 4) is 0 Å². The third-order valence-electron chi connectivity index (χ3n) is 4.11. The van der Waals surface area contributed by atoms with Gasteiger partial charge in [0, 0.05) is 24.0 Å². The van der Waals surface area contributed by atoms with Crippen LogP contribution in [0.3, 0.4) is 0 Å². The van der Waals surface area contributed by atoms with Gasteiger partial charge in [0.05, 0.1) is 0 Å². The molecule has 0 saturated carbocycles. The van der Waals surface area contributed by atoms with Gasteiger partial charge in [0.25, 0.3) is 0 Å². The Morgan fingerprint density at radius 2 is 1.62 bits per heavy atom. The van der Waals surface area contributed by atoms with Gasteiger partial charge in [0.2, 0.25) is 5.95 Å². The number of anilines is 3. The van der Waals surface area contributed by atoms with Crippen LogP contribution in [-0.4, -0.2) is 16.5 Å². The molecule has 3 aromatic rings. The molecule has 0 amide bonds. The van der Waals surface area contributed by atoms with Crippen LogP contribution < -0.4 is 10.6 Å². The van der Waals surface area contributed by atoms with Crippen LogP contribution >= 0.6 is 0 Å². The van der Waals surface area contributed by atoms with Gasteiger partial charge in [-0.2, -0.15) is 4.98 Å². The van der Waals surface area contributed by atoms with Crippen molar-refractivity contribution in [3.63, 3.8) is 0 Å². The first-order valence-electron chi connectivity index (χ1n) is 8.82. The molecule has 0 aliphatic carbocycles. The molecule has 3 rings (SSSR count). The lowest BCUT2D eigenvalue weighted by Crippen LogP contribution is -2.08. The van der Waals surface area contributed by atoms with Gasteiger partial charge in [-0.15, -0.1) is 0 Å². The molecule has 26 heavy (non-hydrogen) atoms. The van der Waals surface area contributed by atoms with Gasteiger partial charge in [-0.3, -0.25) is 0 Å². The van der Waals surface area contributed by atoms with Crippen LogP contribution in [0.15, 0.2) is 54.6 Å². The average Bonchev–Trinajstić information content (AvgIpc) is 2.64. The van der Waals surface area contributed by atoms with E-state index in [1.807, 2.05) is 25.1 Å². The summed E-state index contributed by atoms with van der Waals surface area (Å²) in [7, 11) is 0. The van der Waals surface area contributed by atoms with E-state index in [0.717, 1.165) is 35.6 Å². The Kier molecular flexibility index (Phi) is 5.79. The fourth-order valence-electron chi connectivity index (χ4n) is 2.65. The predicted octanol–water partition coefficient (Wildman–Crippen LogP) is 4.88. The van der Waals surface area contributed by atoms with Gasteiger partial charge in [0.15, 0.2) is 0 Å². The van der Waals surface area contributed by atoms with Crippen molar-refractivity contribution in [2.45, 2.75) is 26.7 Å². The van der Waals surface area contributed by atoms with Gasteiger partial charge in [-0.1, -0.05) is 31.2 Å². The minimum atomic E-state index is -0.212. The smallest absolute Gasteiger partial charge is 0.229 e. The molecule has 1 heterocycles. The van der Waals surface area contributed by atoms with Crippen molar-refractivity contribution in [2.24, 2.45) is 0 Å². The van der Waals surface area contributed by atoms with Crippen molar-refractivity contribution in [2.75, 3.05) is 17.2 Å². The molecule has 0 radical (unpaired) electrons. The number of hydrogen-bond acceptors (Lipinski definition) is 4. The van der Waals surface area contributed by atoms with E-state index in [9.17, 15) is 4.39 Å². The summed E-state index contributed by atoms with van der Waals surface area (Å²) in [5.74, 6) is 1.13. The first-order valence-corrected chi connectivity index (χ1v) is 8.82. The van der Waals surface area contributed by atoms with Crippen LogP contribution in [-0.2, 0) is 12.8 Å². The Hall–Kier alpha value is -2.95. The molecule has 0 atom stereocenters. The largest absolute Gasteiger partial charge is 0.370 e. The summed E-state index contributed by atoms with van der Waals surface area (Å²) in [4.78, 5) is 8.97. The first kappa shape index (κ1) is 17.9. The summed E-state index contributed by atoms with van der Waals surface area (Å²) < 4.78 is 12.9. The molecule has 4 nitrogen and oxygen atoms in total. The molecule has 0 fully saturated rings. The monoisotopic (exact) mass is 350 g/mol. The van der Waals surface area contributed by atoms with Crippen molar-refractivity contribution < 1.29 is 4.39 Å². The molecular weight excluding hydrogens is 327 g/mol. The number of nitrogens with one attached hydrogen (secondary N) is 2. The highest BCUT2D eigenvalue weighted by Gasteiger charge is 2.03. The van der Waals surface area contributed by atoms with Gasteiger partial charge >= 0.3 is 0 Å². The van der Waals surface area contributed by atoms with E-state index in [-0.39, 0.29) is 5.82 Å². The third-order valence-corrected chi connectivity index (χ3v) is 4.11. The minimum absolute atomic E-state index is 0.212. The van der Waals surface area contributed by atoms with E-state index >= 15 is 0 Å². The van der Waals surface area contributed by atoms with E-state index in [4.69, 9.17) is 0 Å². The molecule has 0 spiro atoms. The van der Waals surface area contributed by atoms with Gasteiger partial charge in [-0.25, -0.2) is 9.37 Å². The van der Waals surface area contributed by atoms with Crippen molar-refractivity contribution in [1.29, 1.82) is 0 Å². The number of nitrogens with zero attached hydrogens (tertiary/aromatic N) is 2. The highest BCUT2D eigenvalue weighted by molar-refractivity contribution is 5.55. The first-order chi connectivity index (χ1) is 12.6. The molecular formula is C21H23FN4. The van der Waals surface area contributed by atoms with Crippen molar-refractivity contribution in [3.05, 3.63) is 77.2 Å². The second kappa shape index (κ2) is 8.43. The maximum atomic E-state index is 12.9. The predicted molar refractivity (Wildman–Crippen MR) is 104 cm³/mol. The Morgan fingerprint density at radius 3 is 2.31 bits per heavy atom. The summed E-state index contributed by atoms with van der Waals surface area (Å²) in [5.41, 5.74) is 4.23. The second-order valence-corrected chi connectivity index (χ2v) is 6.20. The molecule has 0 aliphatic rings. The zero-order chi connectivity index (χ0) is 18.4. The van der Waals surface area contributed by atoms with Gasteiger partial charge in [0.1, 0.15) is 11.6 Å². The zero-order valence-electron chi connectivity index (χ0n) is 15.1. The summed E-state index contributed by atoms with van der Waals surface area (Å²) in [6.45, 7) is 4.79. The Labute approximate surface area is 153 Å². The van der Waals surface area contributed by atoms with Crippen LogP contribution in [0.1, 0.15) is 23.7 Å². The van der Waals surface area contributed by atoms with E-state index in [1.54, 1.807) is 12.1 Å². The van der Waals surface area contributed by atoms with Crippen LogP contribution in [0.2, 0.25) is 0 Å². The standard InChI is InChI=1S/C21H23FN4/c1-3-16-6-10-19(11-7-16)25-21-24-15(2)14-20(26-21)23-13-12-17-4-8-18(22)9-5-17/h4-11,14H,3,12-13H2,1-2H3,(H2,23,24,25,26). The van der Waals surface area contributed by atoms with Crippen molar-refractivity contribution >= 4 is 17.5 Å². The van der Waals surface area contributed by atoms with Crippen molar-refractivity contribution in [1.82, 2.24) is 9.97 Å². The Bertz CT molecular complexity index is 845. The summed E-state index contributed by atoms with van der Waals surface area (Å²) in [6, 6.07) is 16.7. The van der Waals surface area contributed by atoms with E-state index in [2.05, 4.69) is 39.7 Å². The average molecular weight is 350 g/mol. The molecule has 2 N–H and O–H groups in total. The number of halogens is 1. The highest BCUT2D eigenvalue weighted by Crippen LogP contribution is 2.17. The topological polar surface area (TPSA) is 49.8 Å². The maximum Gasteiger partial charge on any atom is 0.229 e. The molecule has 0 unspecified atom stereocenters. The van der Waals surface area contributed by atoms with E-state index < -0.39 is 0 Å². The molecule has 2 aromatic carbocycles. The van der Waals surface area contributed by atoms with E-state index in [0.29, 0.717) is 12.5 Å². The quantitative estimate of drug-likeness (QED) is 0.637. The van der Waals surface area contributed by atoms with Gasteiger partial charge < -0.3 is 10.6 Å². The number of aromatic nitrogens is 2. The molecule has 5 heteroatoms. The summed E-state index contributed by atoms with van der Waals surface area (Å²) in [5, 5.41) is 6.56. The maximum absolute atomic E-state index is 12.9. The van der Waals surface area contributed by atoms with Crippen LogP contribution in [0.25, 0.3) is 0 Å². The van der Waals surface area contributed by atoms with Crippen LogP contribution in [0.5, 0.6) is 0 Å². The number of rotatable bonds is 7. The lowest BCUT2D eigenvalue weighted by Gasteiger charge is -2.10. The lowest BCUT2D eigenvalue weighted by molar-refractivity contribution is 0.627. The summed E-state index contributed by atoms with van der Waals surface area (Å²) >= 11 is 0. The molecule has 0 bridgehead atoms. The molecule has 0 aliphatic heterocycles. The Morgan fingerprint density at radius 1 is 0.923 bits per heavy atom. The zero-order valence-corrected chi connectivity index (χ0v) is 15.1. The molecule has 134 valence electrons. The SMILES string of the molecule is CCc1ccc(Nc2nc(C)cc(NCCc3ccc(F)cc3)n2)cc1. The fraction of sp³-hybridized carbons (Fsp3) is 0.238. The number of aryl methyl sites for hydroxylation is 2. The summed E-state index contributed by atoms with van der Waals surface area (Å²) in [6.07, 6.45) is 1.81. The second-order valence-electron chi connectivity index (χ2n) is 6.20. The third kappa shape index (κ3) is 5.02. The van der Waals surface area contributed by atoms with Crippen LogP contribution in [0, 0.1) is 12.7 Å². The Balaban J connectivity index is 1.62. The molecule has 0 saturated heterocycles. The van der Waals surface area contributed by atoms with Gasteiger partial charge in [-0.05, 0) is 55.2 Å². The number of hydrogen-bond donors (Lipinski definition) is 2. The lowest BCUT2D eigenvalue weighted by atomic mass is 10.1. The number of benzene rings is 2.